The Labute approximate surface area is 402 Å². The molecule has 0 spiro atoms. The summed E-state index contributed by atoms with van der Waals surface area (Å²) >= 11 is 14.7. The van der Waals surface area contributed by atoms with E-state index in [2.05, 4.69) is 35.9 Å². The van der Waals surface area contributed by atoms with Crippen LogP contribution in [0.5, 0.6) is 11.5 Å². The third-order valence-electron chi connectivity index (χ3n) is 7.99. The number of anilines is 3. The highest BCUT2D eigenvalue weighted by Gasteiger charge is 2.31. The van der Waals surface area contributed by atoms with E-state index in [0.29, 0.717) is 34.6 Å². The summed E-state index contributed by atoms with van der Waals surface area (Å²) in [4.78, 5) is -1.59. The van der Waals surface area contributed by atoms with Gasteiger partial charge in [-0.25, -0.2) is 38.7 Å². The molecular formula is C38H36Cl3F4N9O7S5. The lowest BCUT2D eigenvalue weighted by atomic mass is 10.2. The topological polar surface area (TPSA) is 215 Å². The summed E-state index contributed by atoms with van der Waals surface area (Å²) in [6.07, 6.45) is 2.56. The lowest BCUT2D eigenvalue weighted by Crippen LogP contribution is -2.31. The van der Waals surface area contributed by atoms with Crippen molar-refractivity contribution in [2.75, 3.05) is 42.8 Å². The molecule has 4 aromatic carbocycles. The minimum Gasteiger partial charge on any atom is -0.497 e. The minimum absolute atomic E-state index is 0.0330. The average Bonchev–Trinajstić information content (AvgIpc) is 4.16. The number of ether oxygens (including phenoxy) is 3. The number of methoxy groups -OCH3 is 2. The van der Waals surface area contributed by atoms with E-state index >= 15 is 0 Å². The highest BCUT2D eigenvalue weighted by atomic mass is 35.7. The van der Waals surface area contributed by atoms with Crippen LogP contribution >= 0.6 is 67.9 Å². The molecule has 7 aromatic rings. The number of nitrogen functional groups attached to an aromatic ring is 1. The van der Waals surface area contributed by atoms with Gasteiger partial charge in [-0.3, -0.25) is 0 Å². The molecule has 8 rings (SSSR count). The predicted octanol–water partition coefficient (Wildman–Crippen LogP) is 9.50. The number of nitrogens with two attached hydrogens (primary N) is 1. The van der Waals surface area contributed by atoms with Crippen LogP contribution in [0.15, 0.2) is 99.1 Å². The largest absolute Gasteiger partial charge is 0.497 e. The van der Waals surface area contributed by atoms with Crippen LogP contribution < -0.4 is 24.8 Å². The summed E-state index contributed by atoms with van der Waals surface area (Å²) in [5, 5.41) is 25.6. The first kappa shape index (κ1) is 53.6. The number of benzene rings is 4. The van der Waals surface area contributed by atoms with Crippen molar-refractivity contribution < 1.29 is 48.6 Å². The number of nitrogens with zero attached hydrogens (tertiary/aromatic N) is 7. The van der Waals surface area contributed by atoms with Crippen molar-refractivity contribution in [3.05, 3.63) is 134 Å². The first-order valence-corrected chi connectivity index (χ1v) is 25.4. The van der Waals surface area contributed by atoms with Gasteiger partial charge < -0.3 is 25.3 Å². The molecule has 0 amide bonds. The highest BCUT2D eigenvalue weighted by Crippen LogP contribution is 2.31. The molecule has 1 saturated heterocycles. The van der Waals surface area contributed by atoms with Crippen LogP contribution in [0.4, 0.5) is 33.0 Å². The number of hydrogen-bond donors (Lipinski definition) is 2. The molecule has 0 unspecified atom stereocenters. The van der Waals surface area contributed by atoms with E-state index in [1.165, 1.54) is 53.7 Å². The number of halogens is 7. The molecule has 66 heavy (non-hydrogen) atoms. The van der Waals surface area contributed by atoms with Crippen LogP contribution in [0, 0.1) is 23.3 Å². The third kappa shape index (κ3) is 17.0. The lowest BCUT2D eigenvalue weighted by molar-refractivity contribution is 0.198. The van der Waals surface area contributed by atoms with Crippen LogP contribution in [0.25, 0.3) is 0 Å². The molecule has 3 N–H and O–H groups in total. The zero-order chi connectivity index (χ0) is 48.3. The van der Waals surface area contributed by atoms with E-state index in [4.69, 9.17) is 53.8 Å². The molecule has 0 bridgehead atoms. The number of hydrogen-bond acceptors (Lipinski definition) is 18. The molecule has 16 nitrogen and oxygen atoms in total. The molecule has 4 heterocycles. The van der Waals surface area contributed by atoms with Crippen molar-refractivity contribution in [3.8, 4) is 11.5 Å². The van der Waals surface area contributed by atoms with Gasteiger partial charge in [0.15, 0.2) is 0 Å². The fraction of sp³-hybridized carbons (Fsp3) is 0.211. The second-order valence-corrected chi connectivity index (χ2v) is 20.1. The normalized spacial score (nSPS) is 11.8. The zero-order valence-electron chi connectivity index (χ0n) is 34.2. The number of sulfonamides is 1. The van der Waals surface area contributed by atoms with Gasteiger partial charge in [0.2, 0.25) is 15.4 Å². The second kappa shape index (κ2) is 26.4. The van der Waals surface area contributed by atoms with Crippen molar-refractivity contribution in [3.63, 3.8) is 0 Å². The minimum atomic E-state index is -4.42. The maximum absolute atomic E-state index is 14.2. The summed E-state index contributed by atoms with van der Waals surface area (Å²) in [5.74, 6) is -3.14. The van der Waals surface area contributed by atoms with E-state index in [1.54, 1.807) is 42.4 Å². The number of aromatic nitrogens is 6. The Morgan fingerprint density at radius 2 is 1.20 bits per heavy atom. The SMILES string of the molecule is C1CCOC1.COc1ccc(CN(c2nncs2)S(=O)(=O)c2cc(Cl)c(F)cc2F)cc1.COc1ccc(CNc2nncs2)cc1.Nc1nncs1.O=S(=O)(Cl)c1cc(Cl)c(F)cc1F. The summed E-state index contributed by atoms with van der Waals surface area (Å²) in [6.45, 7) is 2.61. The Balaban J connectivity index is 0.000000205. The summed E-state index contributed by atoms with van der Waals surface area (Å²) in [5.41, 5.74) is 11.6. The van der Waals surface area contributed by atoms with Crippen molar-refractivity contribution >= 4 is 102 Å². The van der Waals surface area contributed by atoms with Crippen LogP contribution in [0.3, 0.4) is 0 Å². The molecule has 0 atom stereocenters. The lowest BCUT2D eigenvalue weighted by Gasteiger charge is -2.22. The van der Waals surface area contributed by atoms with Crippen molar-refractivity contribution in [1.82, 2.24) is 30.6 Å². The first-order valence-electron chi connectivity index (χ1n) is 18.3. The molecule has 1 fully saturated rings. The average molecular weight is 1070 g/mol. The van der Waals surface area contributed by atoms with E-state index in [-0.39, 0.29) is 11.7 Å². The second-order valence-electron chi connectivity index (χ2n) is 12.5. The van der Waals surface area contributed by atoms with E-state index < -0.39 is 62.2 Å². The smallest absolute Gasteiger partial charge is 0.269 e. The number of rotatable bonds is 11. The van der Waals surface area contributed by atoms with Gasteiger partial charge in [0.05, 0.1) is 30.8 Å². The molecule has 0 radical (unpaired) electrons. The Hall–Kier alpha value is -4.99. The monoisotopic (exact) mass is 1070 g/mol. The maximum atomic E-state index is 14.2. The fourth-order valence-electron chi connectivity index (χ4n) is 4.80. The van der Waals surface area contributed by atoms with Crippen molar-refractivity contribution in [1.29, 1.82) is 0 Å². The predicted molar refractivity (Wildman–Crippen MR) is 247 cm³/mol. The van der Waals surface area contributed by atoms with E-state index in [0.717, 1.165) is 52.3 Å². The van der Waals surface area contributed by atoms with Gasteiger partial charge >= 0.3 is 0 Å². The summed E-state index contributed by atoms with van der Waals surface area (Å²) in [6, 6.07) is 16.7. The molecule has 0 aliphatic carbocycles. The molecule has 3 aromatic heterocycles. The van der Waals surface area contributed by atoms with Crippen LogP contribution in [-0.4, -0.2) is 74.9 Å². The Morgan fingerprint density at radius 3 is 1.62 bits per heavy atom. The maximum Gasteiger partial charge on any atom is 0.269 e. The van der Waals surface area contributed by atoms with Gasteiger partial charge in [-0.05, 0) is 60.4 Å². The highest BCUT2D eigenvalue weighted by molar-refractivity contribution is 8.13. The molecule has 1 aliphatic heterocycles. The Morgan fingerprint density at radius 1 is 0.697 bits per heavy atom. The molecule has 354 valence electrons. The standard InChI is InChI=1S/C16H12ClF2N3O3S2.C10H11N3OS.C6H2Cl2F2O2S.C4H8O.C2H3N3S/c1-25-11-4-2-10(3-5-11)8-22(16-21-20-9-26-16)27(23,24)15-6-12(17)13(18)7-14(15)19;1-14-9-4-2-8(3-5-9)6-11-10-13-12-7-15-10;7-3-1-6(13(8,11)12)5(10)2-4(3)9;1-2-4-5-3-1;3-2-5-4-1-6-2/h2-7,9H,8H2,1H3;2-5,7H,6H2,1H3,(H,11,13);1-2H;1-4H2;1H,(H2,3,5). The van der Waals surface area contributed by atoms with E-state index in [1.807, 2.05) is 24.3 Å². The third-order valence-corrected chi connectivity index (χ3v) is 13.7. The van der Waals surface area contributed by atoms with Gasteiger partial charge in [-0.1, -0.05) is 81.5 Å². The van der Waals surface area contributed by atoms with Gasteiger partial charge in [-0.2, -0.15) is 0 Å². The van der Waals surface area contributed by atoms with Crippen molar-refractivity contribution in [2.24, 2.45) is 0 Å². The summed E-state index contributed by atoms with van der Waals surface area (Å²) in [7, 11) is -0.642. The molecular weight excluding hydrogens is 1040 g/mol. The molecule has 28 heteroatoms. The van der Waals surface area contributed by atoms with Crippen molar-refractivity contribution in [2.45, 2.75) is 35.7 Å². The molecule has 0 saturated carbocycles. The van der Waals surface area contributed by atoms with Gasteiger partial charge in [0, 0.05) is 42.6 Å². The zero-order valence-corrected chi connectivity index (χ0v) is 40.5. The van der Waals surface area contributed by atoms with Gasteiger partial charge in [-0.15, -0.1) is 30.6 Å². The van der Waals surface area contributed by atoms with Crippen LogP contribution in [0.1, 0.15) is 24.0 Å². The summed E-state index contributed by atoms with van der Waals surface area (Å²) < 4.78 is 116. The van der Waals surface area contributed by atoms with Crippen LogP contribution in [0.2, 0.25) is 10.0 Å². The Kier molecular flexibility index (Phi) is 21.4. The Bertz CT molecular complexity index is 2760. The van der Waals surface area contributed by atoms with Crippen LogP contribution in [-0.2, 0) is 36.9 Å². The first-order chi connectivity index (χ1) is 31.4. The molecule has 1 aliphatic rings. The van der Waals surface area contributed by atoms with Gasteiger partial charge in [0.25, 0.3) is 19.1 Å². The number of nitrogens with one attached hydrogen (secondary N) is 1. The quantitative estimate of drug-likeness (QED) is 0.0701. The van der Waals surface area contributed by atoms with E-state index in [9.17, 15) is 34.4 Å². The fourth-order valence-corrected chi connectivity index (χ4v) is 9.16. The van der Waals surface area contributed by atoms with Gasteiger partial charge in [0.1, 0.15) is 61.1 Å².